The molecule has 0 spiro atoms. The number of carbonyl (C=O) groups is 3. The third-order valence-electron chi connectivity index (χ3n) is 3.31. The lowest BCUT2D eigenvalue weighted by molar-refractivity contribution is -0.128. The number of imide groups is 1. The summed E-state index contributed by atoms with van der Waals surface area (Å²) in [5, 5.41) is 1.78. The molecule has 0 bridgehead atoms. The lowest BCUT2D eigenvalue weighted by Crippen LogP contribution is -2.44. The van der Waals surface area contributed by atoms with Gasteiger partial charge in [0.15, 0.2) is 5.78 Å². The monoisotopic (exact) mass is 363 g/mol. The van der Waals surface area contributed by atoms with Gasteiger partial charge in [0.25, 0.3) is 5.91 Å². The Balaban J connectivity index is 1.87. The molecule has 0 saturated heterocycles. The fourth-order valence-electron chi connectivity index (χ4n) is 2.27. The summed E-state index contributed by atoms with van der Waals surface area (Å²) in [5.41, 5.74) is 1.21. The molecule has 1 aliphatic heterocycles. The van der Waals surface area contributed by atoms with Gasteiger partial charge < -0.3 is 0 Å². The summed E-state index contributed by atoms with van der Waals surface area (Å²) in [4.78, 5) is 38.3. The van der Waals surface area contributed by atoms with Crippen LogP contribution in [0.2, 0.25) is 0 Å². The van der Waals surface area contributed by atoms with E-state index in [-0.39, 0.29) is 24.7 Å². The van der Waals surface area contributed by atoms with Crippen LogP contribution in [-0.2, 0) is 11.2 Å². The van der Waals surface area contributed by atoms with Crippen molar-refractivity contribution in [3.63, 3.8) is 0 Å². The molecule has 2 heterocycles. The molecule has 0 atom stereocenters. The van der Waals surface area contributed by atoms with Crippen molar-refractivity contribution in [2.45, 2.75) is 6.42 Å². The first kappa shape index (κ1) is 14.2. The van der Waals surface area contributed by atoms with E-state index >= 15 is 0 Å². The summed E-state index contributed by atoms with van der Waals surface area (Å²) in [6.07, 6.45) is 0.154. The minimum atomic E-state index is -0.400. The molecular formula is C15H10BrNO3S. The Kier molecular flexibility index (Phi) is 3.73. The van der Waals surface area contributed by atoms with Crippen molar-refractivity contribution >= 4 is 44.9 Å². The van der Waals surface area contributed by atoms with Gasteiger partial charge in [-0.3, -0.25) is 19.3 Å². The Morgan fingerprint density at radius 2 is 2.00 bits per heavy atom. The van der Waals surface area contributed by atoms with Gasteiger partial charge in [-0.15, -0.1) is 11.3 Å². The maximum Gasteiger partial charge on any atom is 0.261 e. The van der Waals surface area contributed by atoms with Crippen LogP contribution in [0.1, 0.15) is 25.6 Å². The van der Waals surface area contributed by atoms with Gasteiger partial charge in [0.05, 0.1) is 17.8 Å². The Morgan fingerprint density at radius 3 is 2.71 bits per heavy atom. The molecule has 1 aliphatic rings. The predicted molar refractivity (Wildman–Crippen MR) is 82.5 cm³/mol. The maximum atomic E-state index is 12.4. The van der Waals surface area contributed by atoms with Crippen molar-refractivity contribution in [2.24, 2.45) is 0 Å². The molecule has 0 fully saturated rings. The zero-order valence-corrected chi connectivity index (χ0v) is 13.2. The molecule has 3 rings (SSSR count). The first-order valence-electron chi connectivity index (χ1n) is 6.26. The number of carbonyl (C=O) groups excluding carboxylic acids is 3. The van der Waals surface area contributed by atoms with Gasteiger partial charge in [0.1, 0.15) is 0 Å². The van der Waals surface area contributed by atoms with Gasteiger partial charge in [0, 0.05) is 10.0 Å². The largest absolute Gasteiger partial charge is 0.291 e. The van der Waals surface area contributed by atoms with Crippen molar-refractivity contribution in [1.82, 2.24) is 4.90 Å². The molecule has 0 saturated carbocycles. The van der Waals surface area contributed by atoms with E-state index in [1.807, 2.05) is 0 Å². The molecule has 2 amide bonds. The summed E-state index contributed by atoms with van der Waals surface area (Å²) < 4.78 is 0.690. The summed E-state index contributed by atoms with van der Waals surface area (Å²) in [6.45, 7) is -0.217. The van der Waals surface area contributed by atoms with Gasteiger partial charge >= 0.3 is 0 Å². The van der Waals surface area contributed by atoms with E-state index in [4.69, 9.17) is 0 Å². The first-order chi connectivity index (χ1) is 10.1. The molecule has 1 aromatic heterocycles. The quantitative estimate of drug-likeness (QED) is 0.622. The minimum absolute atomic E-state index is 0.154. The van der Waals surface area contributed by atoms with E-state index in [0.717, 1.165) is 4.90 Å². The van der Waals surface area contributed by atoms with E-state index in [0.29, 0.717) is 20.5 Å². The Labute approximate surface area is 133 Å². The van der Waals surface area contributed by atoms with Crippen LogP contribution in [0.5, 0.6) is 0 Å². The van der Waals surface area contributed by atoms with Crippen molar-refractivity contribution in [2.75, 3.05) is 6.54 Å². The third-order valence-corrected chi connectivity index (χ3v) is 5.19. The number of ketones is 1. The standard InChI is InChI=1S/C15H10BrNO3S/c16-11-5-6-21-14(11)12(18)8-17-13(19)7-9-3-1-2-4-10(9)15(17)20/h1-6H,7-8H2. The van der Waals surface area contributed by atoms with E-state index in [2.05, 4.69) is 15.9 Å². The van der Waals surface area contributed by atoms with Crippen molar-refractivity contribution < 1.29 is 14.4 Å². The van der Waals surface area contributed by atoms with E-state index < -0.39 is 5.91 Å². The number of fused-ring (bicyclic) bond motifs is 1. The highest BCUT2D eigenvalue weighted by Crippen LogP contribution is 2.25. The van der Waals surface area contributed by atoms with E-state index in [1.54, 1.807) is 35.7 Å². The minimum Gasteiger partial charge on any atom is -0.291 e. The second kappa shape index (κ2) is 5.54. The van der Waals surface area contributed by atoms with Crippen LogP contribution in [0, 0.1) is 0 Å². The lowest BCUT2D eigenvalue weighted by Gasteiger charge is -2.26. The van der Waals surface area contributed by atoms with Crippen LogP contribution in [0.4, 0.5) is 0 Å². The average Bonchev–Trinajstić information content (AvgIpc) is 2.89. The van der Waals surface area contributed by atoms with Gasteiger partial charge in [-0.25, -0.2) is 0 Å². The molecule has 6 heteroatoms. The number of rotatable bonds is 3. The fourth-order valence-corrected chi connectivity index (χ4v) is 3.79. The first-order valence-corrected chi connectivity index (χ1v) is 7.94. The van der Waals surface area contributed by atoms with E-state index in [1.165, 1.54) is 11.3 Å². The van der Waals surface area contributed by atoms with Crippen LogP contribution in [0.25, 0.3) is 0 Å². The second-order valence-corrected chi connectivity index (χ2v) is 6.41. The van der Waals surface area contributed by atoms with Crippen molar-refractivity contribution in [3.8, 4) is 0 Å². The molecular weight excluding hydrogens is 354 g/mol. The van der Waals surface area contributed by atoms with Gasteiger partial charge in [-0.05, 0) is 39.0 Å². The average molecular weight is 364 g/mol. The number of amides is 2. The van der Waals surface area contributed by atoms with Gasteiger partial charge in [0.2, 0.25) is 5.91 Å². The Bertz CT molecular complexity index is 753. The molecule has 2 aromatic rings. The molecule has 21 heavy (non-hydrogen) atoms. The zero-order valence-electron chi connectivity index (χ0n) is 10.8. The summed E-state index contributed by atoms with van der Waals surface area (Å²) in [7, 11) is 0. The third kappa shape index (κ3) is 2.56. The highest BCUT2D eigenvalue weighted by atomic mass is 79.9. The number of hydrogen-bond acceptors (Lipinski definition) is 4. The highest BCUT2D eigenvalue weighted by molar-refractivity contribution is 9.10. The molecule has 1 aromatic carbocycles. The normalized spacial score (nSPS) is 14.2. The predicted octanol–water partition coefficient (Wildman–Crippen LogP) is 2.92. The SMILES string of the molecule is O=C(CN1C(=O)Cc2ccccc2C1=O)c1sccc1Br. The number of benzene rings is 1. The molecule has 4 nitrogen and oxygen atoms in total. The molecule has 0 unspecified atom stereocenters. The Hall–Kier alpha value is -1.79. The van der Waals surface area contributed by atoms with Crippen LogP contribution in [0.3, 0.4) is 0 Å². The topological polar surface area (TPSA) is 54.5 Å². The number of Topliss-reactive ketones (excluding diaryl/α,β-unsaturated/α-hetero) is 1. The van der Waals surface area contributed by atoms with Gasteiger partial charge in [-0.2, -0.15) is 0 Å². The van der Waals surface area contributed by atoms with E-state index in [9.17, 15) is 14.4 Å². The maximum absolute atomic E-state index is 12.4. The van der Waals surface area contributed by atoms with Crippen LogP contribution >= 0.6 is 27.3 Å². The number of thiophene rings is 1. The van der Waals surface area contributed by atoms with Gasteiger partial charge in [-0.1, -0.05) is 18.2 Å². The molecule has 0 aliphatic carbocycles. The fraction of sp³-hybridized carbons (Fsp3) is 0.133. The summed E-state index contributed by atoms with van der Waals surface area (Å²) in [5.74, 6) is -0.972. The van der Waals surface area contributed by atoms with Crippen LogP contribution in [0.15, 0.2) is 40.2 Å². The van der Waals surface area contributed by atoms with Crippen molar-refractivity contribution in [3.05, 3.63) is 56.2 Å². The van der Waals surface area contributed by atoms with Crippen LogP contribution in [-0.4, -0.2) is 29.0 Å². The molecule has 106 valence electrons. The smallest absolute Gasteiger partial charge is 0.261 e. The summed E-state index contributed by atoms with van der Waals surface area (Å²) >= 11 is 4.58. The summed E-state index contributed by atoms with van der Waals surface area (Å²) in [6, 6.07) is 8.77. The number of nitrogens with zero attached hydrogens (tertiary/aromatic N) is 1. The second-order valence-electron chi connectivity index (χ2n) is 4.64. The number of hydrogen-bond donors (Lipinski definition) is 0. The molecule has 0 radical (unpaired) electrons. The highest BCUT2D eigenvalue weighted by Gasteiger charge is 2.32. The van der Waals surface area contributed by atoms with Crippen LogP contribution < -0.4 is 0 Å². The Morgan fingerprint density at radius 1 is 1.24 bits per heavy atom. The lowest BCUT2D eigenvalue weighted by atomic mass is 9.98. The van der Waals surface area contributed by atoms with Crippen molar-refractivity contribution in [1.29, 1.82) is 0 Å². The number of halogens is 1. The molecule has 0 N–H and O–H groups in total. The zero-order chi connectivity index (χ0) is 15.0.